The van der Waals surface area contributed by atoms with Gasteiger partial charge in [-0.3, -0.25) is 9.69 Å². The van der Waals surface area contributed by atoms with E-state index in [1.54, 1.807) is 18.6 Å². The minimum Gasteiger partial charge on any atom is -0.491 e. The Balaban J connectivity index is 1.55. The third-order valence-corrected chi connectivity index (χ3v) is 6.41. The van der Waals surface area contributed by atoms with E-state index in [2.05, 4.69) is 58.3 Å². The van der Waals surface area contributed by atoms with Crippen LogP contribution < -0.4 is 10.1 Å². The second kappa shape index (κ2) is 12.7. The molecular formula is C28H36N4O4. The Hall–Kier alpha value is -3.20. The van der Waals surface area contributed by atoms with Crippen LogP contribution in [0.15, 0.2) is 55.0 Å². The van der Waals surface area contributed by atoms with E-state index in [0.717, 1.165) is 30.1 Å². The van der Waals surface area contributed by atoms with Crippen LogP contribution in [-0.2, 0) is 24.1 Å². The van der Waals surface area contributed by atoms with Gasteiger partial charge in [-0.15, -0.1) is 0 Å². The quantitative estimate of drug-likeness (QED) is 0.489. The maximum Gasteiger partial charge on any atom is 0.251 e. The van der Waals surface area contributed by atoms with Gasteiger partial charge < -0.3 is 24.9 Å². The Morgan fingerprint density at radius 1 is 1.17 bits per heavy atom. The van der Waals surface area contributed by atoms with Crippen molar-refractivity contribution in [2.75, 3.05) is 33.0 Å². The lowest BCUT2D eigenvalue weighted by atomic mass is 9.99. The van der Waals surface area contributed by atoms with Gasteiger partial charge in [0.05, 0.1) is 32.2 Å². The molecule has 1 aliphatic rings. The number of ether oxygens (including phenoxy) is 2. The zero-order valence-electron chi connectivity index (χ0n) is 21.1. The fraction of sp³-hybridized carbons (Fsp3) is 0.429. The molecule has 4 rings (SSSR count). The molecule has 0 fully saturated rings. The summed E-state index contributed by atoms with van der Waals surface area (Å²) in [7, 11) is 0. The summed E-state index contributed by atoms with van der Waals surface area (Å²) in [5, 5.41) is 12.7. The van der Waals surface area contributed by atoms with Gasteiger partial charge in [-0.2, -0.15) is 0 Å². The van der Waals surface area contributed by atoms with Gasteiger partial charge in [-0.05, 0) is 48.7 Å². The van der Waals surface area contributed by atoms with Crippen LogP contribution in [0, 0.1) is 0 Å². The van der Waals surface area contributed by atoms with Gasteiger partial charge in [0, 0.05) is 49.4 Å². The Kier molecular flexibility index (Phi) is 9.11. The molecule has 0 saturated heterocycles. The molecule has 0 spiro atoms. The van der Waals surface area contributed by atoms with Crippen LogP contribution in [0.5, 0.6) is 5.75 Å². The van der Waals surface area contributed by atoms with Gasteiger partial charge in [0.25, 0.3) is 5.91 Å². The third kappa shape index (κ3) is 7.16. The highest BCUT2D eigenvalue weighted by Gasteiger charge is 2.17. The monoisotopic (exact) mass is 492 g/mol. The molecule has 2 bridgehead atoms. The molecular weight excluding hydrogens is 456 g/mol. The summed E-state index contributed by atoms with van der Waals surface area (Å²) >= 11 is 0. The van der Waals surface area contributed by atoms with Gasteiger partial charge in [0.1, 0.15) is 12.4 Å². The molecule has 1 aliphatic heterocycles. The number of aliphatic hydroxyl groups excluding tert-OH is 1. The number of aliphatic hydroxyl groups is 1. The molecule has 1 amide bonds. The van der Waals surface area contributed by atoms with Crippen molar-refractivity contribution in [2.24, 2.45) is 0 Å². The molecule has 0 unspecified atom stereocenters. The van der Waals surface area contributed by atoms with E-state index in [9.17, 15) is 9.90 Å². The molecule has 0 aliphatic carbocycles. The van der Waals surface area contributed by atoms with E-state index >= 15 is 0 Å². The van der Waals surface area contributed by atoms with Crippen molar-refractivity contribution in [3.63, 3.8) is 0 Å². The number of nitrogens with one attached hydrogen (secondary N) is 2. The Morgan fingerprint density at radius 2 is 2.03 bits per heavy atom. The van der Waals surface area contributed by atoms with E-state index in [-0.39, 0.29) is 12.5 Å². The predicted octanol–water partition coefficient (Wildman–Crippen LogP) is 2.95. The second-order valence-corrected chi connectivity index (χ2v) is 9.48. The van der Waals surface area contributed by atoms with Crippen molar-refractivity contribution in [3.8, 4) is 5.75 Å². The second-order valence-electron chi connectivity index (χ2n) is 9.48. The predicted molar refractivity (Wildman–Crippen MR) is 138 cm³/mol. The average molecular weight is 493 g/mol. The molecule has 1 atom stereocenters. The van der Waals surface area contributed by atoms with Crippen LogP contribution in [-0.4, -0.2) is 70.9 Å². The molecule has 8 heteroatoms. The SMILES string of the molecule is CC(C)N1CCOCCOc2ccc(C(=O)N[C@H](CO)Cc3cnc[nH]3)cc2Cc2cccc(c2)C1. The largest absolute Gasteiger partial charge is 0.491 e. The Morgan fingerprint density at radius 3 is 2.81 bits per heavy atom. The first-order valence-electron chi connectivity index (χ1n) is 12.6. The number of aromatic amines is 1. The molecule has 8 nitrogen and oxygen atoms in total. The van der Waals surface area contributed by atoms with Crippen LogP contribution in [0.2, 0.25) is 0 Å². The summed E-state index contributed by atoms with van der Waals surface area (Å²) in [4.78, 5) is 22.5. The number of imidazole rings is 1. The summed E-state index contributed by atoms with van der Waals surface area (Å²) < 4.78 is 11.9. The topological polar surface area (TPSA) is 99.7 Å². The lowest BCUT2D eigenvalue weighted by molar-refractivity contribution is 0.0695. The van der Waals surface area contributed by atoms with E-state index < -0.39 is 6.04 Å². The lowest BCUT2D eigenvalue weighted by Crippen LogP contribution is -2.39. The molecule has 2 heterocycles. The molecule has 2 aromatic carbocycles. The highest BCUT2D eigenvalue weighted by molar-refractivity contribution is 5.94. The number of carbonyl (C=O) groups excluding carboxylic acids is 1. The summed E-state index contributed by atoms with van der Waals surface area (Å²) in [5.41, 5.74) is 4.73. The fourth-order valence-corrected chi connectivity index (χ4v) is 4.40. The standard InChI is InChI=1S/C28H36N4O4/c1-20(2)32-8-9-35-10-11-36-27-7-6-23(14-24(27)13-21-4-3-5-22(12-21)17-32)28(34)31-26(18-33)15-25-16-29-19-30-25/h3-7,12,14,16,19-20,26,33H,8-11,13,15,17-18H2,1-2H3,(H,29,30)(H,31,34)/t26-/m0/s1. The number of fused-ring (bicyclic) bond motifs is 3. The molecule has 192 valence electrons. The maximum atomic E-state index is 13.1. The highest BCUT2D eigenvalue weighted by Crippen LogP contribution is 2.25. The van der Waals surface area contributed by atoms with E-state index in [1.807, 2.05) is 12.1 Å². The van der Waals surface area contributed by atoms with E-state index in [4.69, 9.17) is 9.47 Å². The molecule has 36 heavy (non-hydrogen) atoms. The van der Waals surface area contributed by atoms with Crippen molar-refractivity contribution >= 4 is 5.91 Å². The summed E-state index contributed by atoms with van der Waals surface area (Å²) in [6.07, 6.45) is 4.39. The molecule has 1 aromatic heterocycles. The van der Waals surface area contributed by atoms with Crippen molar-refractivity contribution in [2.45, 2.75) is 45.3 Å². The van der Waals surface area contributed by atoms with Gasteiger partial charge in [-0.25, -0.2) is 4.98 Å². The lowest BCUT2D eigenvalue weighted by Gasteiger charge is -2.27. The van der Waals surface area contributed by atoms with Crippen molar-refractivity contribution < 1.29 is 19.4 Å². The van der Waals surface area contributed by atoms with E-state index in [0.29, 0.717) is 44.3 Å². The van der Waals surface area contributed by atoms with Crippen molar-refractivity contribution in [3.05, 3.63) is 82.9 Å². The molecule has 0 radical (unpaired) electrons. The number of aromatic nitrogens is 2. The van der Waals surface area contributed by atoms with Crippen LogP contribution in [0.25, 0.3) is 0 Å². The van der Waals surface area contributed by atoms with Crippen molar-refractivity contribution in [1.82, 2.24) is 20.2 Å². The Labute approximate surface area is 212 Å². The molecule has 3 N–H and O–H groups in total. The third-order valence-electron chi connectivity index (χ3n) is 6.41. The first-order chi connectivity index (χ1) is 17.5. The van der Waals surface area contributed by atoms with Crippen molar-refractivity contribution in [1.29, 1.82) is 0 Å². The first kappa shape index (κ1) is 25.9. The number of nitrogens with zero attached hydrogens (tertiary/aromatic N) is 2. The number of carbonyl (C=O) groups is 1. The number of H-pyrrole nitrogens is 1. The normalized spacial score (nSPS) is 16.0. The summed E-state index contributed by atoms with van der Waals surface area (Å²) in [5.74, 6) is 0.512. The van der Waals surface area contributed by atoms with Gasteiger partial charge in [-0.1, -0.05) is 24.3 Å². The fourth-order valence-electron chi connectivity index (χ4n) is 4.40. The Bertz CT molecular complexity index is 1120. The zero-order chi connectivity index (χ0) is 25.3. The number of hydrogen-bond donors (Lipinski definition) is 3. The minimum absolute atomic E-state index is 0.168. The van der Waals surface area contributed by atoms with Gasteiger partial charge in [0.15, 0.2) is 0 Å². The van der Waals surface area contributed by atoms with Gasteiger partial charge >= 0.3 is 0 Å². The zero-order valence-corrected chi connectivity index (χ0v) is 21.1. The first-order valence-corrected chi connectivity index (χ1v) is 12.6. The smallest absolute Gasteiger partial charge is 0.251 e. The maximum absolute atomic E-state index is 13.1. The highest BCUT2D eigenvalue weighted by atomic mass is 16.5. The van der Waals surface area contributed by atoms with Gasteiger partial charge in [0.2, 0.25) is 0 Å². The summed E-state index contributed by atoms with van der Waals surface area (Å²) in [6.45, 7) is 7.56. The number of amides is 1. The van der Waals surface area contributed by atoms with Crippen LogP contribution in [0.1, 0.15) is 46.6 Å². The van der Waals surface area contributed by atoms with E-state index in [1.165, 1.54) is 11.1 Å². The summed E-state index contributed by atoms with van der Waals surface area (Å²) in [6, 6.07) is 14.1. The number of rotatable bonds is 6. The minimum atomic E-state index is -0.416. The van der Waals surface area contributed by atoms with Crippen LogP contribution in [0.4, 0.5) is 0 Å². The average Bonchev–Trinajstić information content (AvgIpc) is 3.38. The molecule has 0 saturated carbocycles. The van der Waals surface area contributed by atoms with Crippen LogP contribution in [0.3, 0.4) is 0 Å². The van der Waals surface area contributed by atoms with Crippen LogP contribution >= 0.6 is 0 Å². The number of benzene rings is 2. The molecule has 3 aromatic rings. The number of hydrogen-bond acceptors (Lipinski definition) is 6.